The Hall–Kier alpha value is -3.37. The zero-order valence-electron chi connectivity index (χ0n) is 19.8. The predicted octanol–water partition coefficient (Wildman–Crippen LogP) is 3.37. The summed E-state index contributed by atoms with van der Waals surface area (Å²) in [5.41, 5.74) is 1.19. The molecule has 36 heavy (non-hydrogen) atoms. The van der Waals surface area contributed by atoms with Gasteiger partial charge in [0.15, 0.2) is 11.5 Å². The van der Waals surface area contributed by atoms with E-state index in [4.69, 9.17) is 38.7 Å². The van der Waals surface area contributed by atoms with Crippen LogP contribution in [0.5, 0.6) is 17.2 Å². The third-order valence-corrected chi connectivity index (χ3v) is 6.59. The number of halogens is 1. The number of carboxylic acids is 2. The van der Waals surface area contributed by atoms with E-state index in [1.165, 1.54) is 5.56 Å². The van der Waals surface area contributed by atoms with Crippen LogP contribution in [0.3, 0.4) is 0 Å². The van der Waals surface area contributed by atoms with Crippen LogP contribution in [0.25, 0.3) is 0 Å². The Bertz CT molecular complexity index is 1030. The summed E-state index contributed by atoms with van der Waals surface area (Å²) in [4.78, 5) is 20.7. The van der Waals surface area contributed by atoms with E-state index in [0.29, 0.717) is 24.5 Å². The summed E-state index contributed by atoms with van der Waals surface area (Å²) in [6.45, 7) is 4.70. The highest BCUT2D eigenvalue weighted by Gasteiger charge is 2.32. The van der Waals surface area contributed by atoms with Crippen LogP contribution >= 0.6 is 0 Å². The Morgan fingerprint density at radius 1 is 1.03 bits per heavy atom. The number of piperidine rings is 1. The van der Waals surface area contributed by atoms with Crippen LogP contribution in [0.4, 0.5) is 4.39 Å². The number of aliphatic carboxylic acids is 2. The van der Waals surface area contributed by atoms with Crippen molar-refractivity contribution in [3.8, 4) is 17.2 Å². The average Bonchev–Trinajstić information content (AvgIpc) is 3.55. The number of hydrogen-bond donors (Lipinski definition) is 2. The largest absolute Gasteiger partial charge is 0.493 e. The molecule has 0 spiro atoms. The minimum Gasteiger partial charge on any atom is -0.493 e. The van der Waals surface area contributed by atoms with Gasteiger partial charge in [0.25, 0.3) is 0 Å². The van der Waals surface area contributed by atoms with Gasteiger partial charge < -0.3 is 34.1 Å². The first-order chi connectivity index (χ1) is 17.4. The van der Waals surface area contributed by atoms with Crippen LogP contribution < -0.4 is 14.2 Å². The van der Waals surface area contributed by atoms with Crippen molar-refractivity contribution in [1.29, 1.82) is 0 Å². The third-order valence-electron chi connectivity index (χ3n) is 6.59. The molecule has 3 atom stereocenters. The lowest BCUT2D eigenvalue weighted by atomic mass is 9.80. The zero-order valence-corrected chi connectivity index (χ0v) is 19.8. The summed E-state index contributed by atoms with van der Waals surface area (Å²) in [5, 5.41) is 14.8. The highest BCUT2D eigenvalue weighted by atomic mass is 19.1. The monoisotopic (exact) mass is 503 g/mol. The van der Waals surface area contributed by atoms with Gasteiger partial charge >= 0.3 is 11.9 Å². The first-order valence-electron chi connectivity index (χ1n) is 12.0. The minimum atomic E-state index is -1.82. The number of rotatable bonds is 6. The number of carbonyl (C=O) groups is 2. The first-order valence-corrected chi connectivity index (χ1v) is 12.0. The highest BCUT2D eigenvalue weighted by molar-refractivity contribution is 6.27. The number of likely N-dealkylation sites (tertiary alicyclic amines) is 1. The average molecular weight is 504 g/mol. The molecule has 2 saturated heterocycles. The van der Waals surface area contributed by atoms with Gasteiger partial charge in [-0.25, -0.2) is 14.0 Å². The number of hydrogen-bond acceptors (Lipinski definition) is 7. The summed E-state index contributed by atoms with van der Waals surface area (Å²) < 4.78 is 36.3. The number of carboxylic acid groups (broad SMARTS) is 2. The molecule has 3 aliphatic heterocycles. The van der Waals surface area contributed by atoms with Crippen LogP contribution in [0.2, 0.25) is 0 Å². The molecule has 2 fully saturated rings. The molecule has 2 N–H and O–H groups in total. The van der Waals surface area contributed by atoms with Crippen molar-refractivity contribution in [1.82, 2.24) is 4.90 Å². The van der Waals surface area contributed by atoms with E-state index in [1.54, 1.807) is 12.1 Å². The second kappa shape index (κ2) is 12.0. The number of benzene rings is 2. The normalized spacial score (nSPS) is 23.0. The van der Waals surface area contributed by atoms with Crippen molar-refractivity contribution in [2.45, 2.75) is 31.3 Å². The van der Waals surface area contributed by atoms with E-state index in [9.17, 15) is 4.39 Å². The van der Waals surface area contributed by atoms with Gasteiger partial charge in [-0.15, -0.1) is 0 Å². The van der Waals surface area contributed by atoms with Crippen LogP contribution in [0, 0.1) is 11.7 Å². The molecule has 3 heterocycles. The molecule has 5 rings (SSSR count). The Morgan fingerprint density at radius 2 is 1.78 bits per heavy atom. The minimum absolute atomic E-state index is 0.192. The van der Waals surface area contributed by atoms with E-state index in [0.717, 1.165) is 62.8 Å². The molecule has 194 valence electrons. The molecule has 3 aliphatic rings. The molecule has 0 radical (unpaired) electrons. The van der Waals surface area contributed by atoms with Crippen LogP contribution in [0.15, 0.2) is 42.5 Å². The third kappa shape index (κ3) is 6.86. The Balaban J connectivity index is 0.000000455. The molecule has 0 amide bonds. The van der Waals surface area contributed by atoms with Crippen LogP contribution in [-0.4, -0.2) is 72.8 Å². The molecule has 9 nitrogen and oxygen atoms in total. The Kier molecular flexibility index (Phi) is 8.61. The van der Waals surface area contributed by atoms with Crippen LogP contribution in [0.1, 0.15) is 30.7 Å². The fourth-order valence-corrected chi connectivity index (χ4v) is 4.84. The van der Waals surface area contributed by atoms with E-state index >= 15 is 0 Å². The molecule has 2 aromatic rings. The standard InChI is InChI=1S/C24H28FNO4.C2H2O4/c25-19-5-3-17(4-6-19)22-9-10-26(14-21-2-1-11-27-21)13-18(22)15-28-20-7-8-23-24(12-20)30-16-29-23;3-1(4)2(5)6/h3-8,12,18,21-22H,1-2,9-11,13-16H2;(H,3,4)(H,5,6)/t18-,21?,22-;/m0./s1. The fraction of sp³-hybridized carbons (Fsp3) is 0.462. The van der Waals surface area contributed by atoms with Gasteiger partial charge in [-0.05, 0) is 61.6 Å². The number of ether oxygens (including phenoxy) is 4. The zero-order chi connectivity index (χ0) is 25.5. The van der Waals surface area contributed by atoms with Gasteiger partial charge in [-0.2, -0.15) is 0 Å². The van der Waals surface area contributed by atoms with E-state index in [-0.39, 0.29) is 12.6 Å². The van der Waals surface area contributed by atoms with Crippen molar-refractivity contribution in [2.24, 2.45) is 5.92 Å². The maximum atomic E-state index is 13.4. The Labute approximate surface area is 208 Å². The summed E-state index contributed by atoms with van der Waals surface area (Å²) in [6.07, 6.45) is 3.69. The summed E-state index contributed by atoms with van der Waals surface area (Å²) in [6, 6.07) is 12.7. The van der Waals surface area contributed by atoms with E-state index in [1.807, 2.05) is 30.3 Å². The molecular formula is C26H30FNO8. The number of fused-ring (bicyclic) bond motifs is 1. The molecule has 0 aliphatic carbocycles. The van der Waals surface area contributed by atoms with Gasteiger partial charge in [-0.3, -0.25) is 0 Å². The second-order valence-corrected chi connectivity index (χ2v) is 9.04. The quantitative estimate of drug-likeness (QED) is 0.573. The summed E-state index contributed by atoms with van der Waals surface area (Å²) in [5.74, 6) is -0.907. The molecule has 0 saturated carbocycles. The van der Waals surface area contributed by atoms with Crippen LogP contribution in [-0.2, 0) is 14.3 Å². The van der Waals surface area contributed by atoms with Gasteiger partial charge in [-0.1, -0.05) is 12.1 Å². The van der Waals surface area contributed by atoms with Gasteiger partial charge in [0, 0.05) is 31.7 Å². The van der Waals surface area contributed by atoms with Crippen molar-refractivity contribution in [3.63, 3.8) is 0 Å². The lowest BCUT2D eigenvalue weighted by molar-refractivity contribution is -0.159. The molecule has 1 unspecified atom stereocenters. The topological polar surface area (TPSA) is 115 Å². The smallest absolute Gasteiger partial charge is 0.414 e. The molecule has 0 aromatic heterocycles. The highest BCUT2D eigenvalue weighted by Crippen LogP contribution is 2.37. The Morgan fingerprint density at radius 3 is 2.47 bits per heavy atom. The molecule has 2 aromatic carbocycles. The molecular weight excluding hydrogens is 473 g/mol. The summed E-state index contributed by atoms with van der Waals surface area (Å²) in [7, 11) is 0. The maximum Gasteiger partial charge on any atom is 0.414 e. The van der Waals surface area contributed by atoms with E-state index < -0.39 is 11.9 Å². The van der Waals surface area contributed by atoms with Crippen molar-refractivity contribution < 1.29 is 43.1 Å². The van der Waals surface area contributed by atoms with Gasteiger partial charge in [0.1, 0.15) is 11.6 Å². The lowest BCUT2D eigenvalue weighted by Gasteiger charge is -2.39. The van der Waals surface area contributed by atoms with Crippen molar-refractivity contribution in [2.75, 3.05) is 39.6 Å². The first kappa shape index (κ1) is 25.7. The van der Waals surface area contributed by atoms with Crippen molar-refractivity contribution >= 4 is 11.9 Å². The fourth-order valence-electron chi connectivity index (χ4n) is 4.84. The van der Waals surface area contributed by atoms with Gasteiger partial charge in [0.2, 0.25) is 6.79 Å². The maximum absolute atomic E-state index is 13.4. The summed E-state index contributed by atoms with van der Waals surface area (Å²) >= 11 is 0. The SMILES string of the molecule is Fc1ccc([C@@H]2CCN(CC3CCCO3)C[C@H]2COc2ccc3c(c2)OCO3)cc1.O=C(O)C(=O)O. The lowest BCUT2D eigenvalue weighted by Crippen LogP contribution is -2.44. The number of nitrogens with zero attached hydrogens (tertiary/aromatic N) is 1. The van der Waals surface area contributed by atoms with E-state index in [2.05, 4.69) is 4.90 Å². The van der Waals surface area contributed by atoms with Gasteiger partial charge in [0.05, 0.1) is 12.7 Å². The second-order valence-electron chi connectivity index (χ2n) is 9.04. The molecule has 0 bridgehead atoms. The predicted molar refractivity (Wildman–Crippen MR) is 126 cm³/mol. The van der Waals surface area contributed by atoms with Crippen molar-refractivity contribution in [3.05, 3.63) is 53.8 Å². The molecule has 10 heteroatoms.